The first-order chi connectivity index (χ1) is 18.6. The van der Waals surface area contributed by atoms with E-state index >= 15 is 0 Å². The van der Waals surface area contributed by atoms with Gasteiger partial charge in [-0.15, -0.1) is 0 Å². The van der Waals surface area contributed by atoms with Gasteiger partial charge < -0.3 is 15.2 Å². The van der Waals surface area contributed by atoms with E-state index in [-0.39, 0.29) is 0 Å². The highest BCUT2D eigenvalue weighted by molar-refractivity contribution is 5.90. The van der Waals surface area contributed by atoms with Gasteiger partial charge in [-0.2, -0.15) is 0 Å². The Bertz CT molecular complexity index is 1550. The summed E-state index contributed by atoms with van der Waals surface area (Å²) in [6.07, 6.45) is 13.9. The Morgan fingerprint density at radius 2 is 1.92 bits per heavy atom. The monoisotopic (exact) mass is 510 g/mol. The molecule has 2 N–H and O–H groups in total. The third-order valence-electron chi connectivity index (χ3n) is 8.84. The van der Waals surface area contributed by atoms with Crippen molar-refractivity contribution >= 4 is 34.4 Å². The maximum absolute atomic E-state index is 11.1. The molecule has 1 saturated carbocycles. The minimum atomic E-state index is 0.371. The molecule has 1 amide bonds. The van der Waals surface area contributed by atoms with Gasteiger partial charge in [0.15, 0.2) is 0 Å². The molecule has 0 radical (unpaired) electrons. The van der Waals surface area contributed by atoms with Crippen molar-refractivity contribution in [1.82, 2.24) is 33.7 Å². The van der Waals surface area contributed by atoms with Crippen LogP contribution in [0.4, 0.5) is 5.82 Å². The van der Waals surface area contributed by atoms with Gasteiger partial charge in [-0.05, 0) is 56.2 Å². The first kappa shape index (κ1) is 23.4. The molecule has 9 heteroatoms. The second-order valence-corrected chi connectivity index (χ2v) is 11.0. The van der Waals surface area contributed by atoms with Crippen molar-refractivity contribution in [1.29, 1.82) is 0 Å². The van der Waals surface area contributed by atoms with Gasteiger partial charge in [-0.3, -0.25) is 14.1 Å². The van der Waals surface area contributed by atoms with Crippen LogP contribution in [-0.2, 0) is 11.8 Å². The molecule has 1 aromatic carbocycles. The second-order valence-electron chi connectivity index (χ2n) is 11.0. The van der Waals surface area contributed by atoms with Crippen molar-refractivity contribution in [3.63, 3.8) is 0 Å². The molecule has 2 aliphatic carbocycles. The Morgan fingerprint density at radius 3 is 2.68 bits per heavy atom. The van der Waals surface area contributed by atoms with Crippen molar-refractivity contribution < 1.29 is 4.79 Å². The topological polar surface area (TPSA) is 97.6 Å². The quantitative estimate of drug-likeness (QED) is 0.410. The zero-order valence-corrected chi connectivity index (χ0v) is 21.9. The third kappa shape index (κ3) is 3.79. The van der Waals surface area contributed by atoms with Crippen LogP contribution in [-0.4, -0.2) is 72.4 Å². The Hall–Kier alpha value is -3.72. The van der Waals surface area contributed by atoms with Crippen LogP contribution in [0.3, 0.4) is 0 Å². The molecule has 3 aliphatic rings. The first-order valence-electron chi connectivity index (χ1n) is 13.8. The number of imidazole rings is 2. The SMILES string of the molecule is Cn1c(C2=CCCCC2)nc2cc(-c3nc(C4CC(N5CCN(C=O)CC5)C4)n4ccnc(N)c34)ccc21. The summed E-state index contributed by atoms with van der Waals surface area (Å²) in [5.74, 6) is 3.00. The summed E-state index contributed by atoms with van der Waals surface area (Å²) in [4.78, 5) is 30.1. The summed E-state index contributed by atoms with van der Waals surface area (Å²) < 4.78 is 4.36. The van der Waals surface area contributed by atoms with E-state index in [0.29, 0.717) is 17.8 Å². The smallest absolute Gasteiger partial charge is 0.209 e. The molecule has 4 aromatic rings. The van der Waals surface area contributed by atoms with E-state index in [0.717, 1.165) is 97.7 Å². The average molecular weight is 511 g/mol. The lowest BCUT2D eigenvalue weighted by Gasteiger charge is -2.45. The highest BCUT2D eigenvalue weighted by Crippen LogP contribution is 2.42. The number of carbonyl (C=O) groups is 1. The number of fused-ring (bicyclic) bond motifs is 2. The zero-order valence-electron chi connectivity index (χ0n) is 21.9. The molecule has 0 unspecified atom stereocenters. The lowest BCUT2D eigenvalue weighted by atomic mass is 9.78. The van der Waals surface area contributed by atoms with Gasteiger partial charge in [0.2, 0.25) is 6.41 Å². The van der Waals surface area contributed by atoms with Crippen LogP contribution in [0.1, 0.15) is 56.1 Å². The van der Waals surface area contributed by atoms with E-state index in [1.807, 2.05) is 11.1 Å². The lowest BCUT2D eigenvalue weighted by Crippen LogP contribution is -2.53. The predicted octanol–water partition coefficient (Wildman–Crippen LogP) is 3.84. The molecule has 196 valence electrons. The van der Waals surface area contributed by atoms with E-state index in [1.54, 1.807) is 6.20 Å². The van der Waals surface area contributed by atoms with Gasteiger partial charge in [0.05, 0.1) is 11.0 Å². The van der Waals surface area contributed by atoms with Crippen LogP contribution >= 0.6 is 0 Å². The molecule has 0 spiro atoms. The maximum Gasteiger partial charge on any atom is 0.209 e. The molecule has 0 bridgehead atoms. The van der Waals surface area contributed by atoms with Crippen molar-refractivity contribution in [2.24, 2.45) is 7.05 Å². The van der Waals surface area contributed by atoms with E-state index in [4.69, 9.17) is 15.7 Å². The summed E-state index contributed by atoms with van der Waals surface area (Å²) in [6, 6.07) is 6.98. The molecule has 38 heavy (non-hydrogen) atoms. The molecular formula is C29H34N8O. The number of anilines is 1. The number of aromatic nitrogens is 5. The molecular weight excluding hydrogens is 476 g/mol. The fourth-order valence-corrected chi connectivity index (χ4v) is 6.56. The summed E-state index contributed by atoms with van der Waals surface area (Å²) >= 11 is 0. The fraction of sp³-hybridized carbons (Fsp3) is 0.448. The Kier molecular flexibility index (Phi) is 5.69. The number of carbonyl (C=O) groups excluding carboxylic acids is 1. The van der Waals surface area contributed by atoms with E-state index in [9.17, 15) is 4.79 Å². The van der Waals surface area contributed by atoms with E-state index in [2.05, 4.69) is 50.2 Å². The Morgan fingerprint density at radius 1 is 1.08 bits per heavy atom. The molecule has 4 heterocycles. The normalized spacial score (nSPS) is 22.6. The fourth-order valence-electron chi connectivity index (χ4n) is 6.56. The molecule has 3 aromatic heterocycles. The second kappa shape index (κ2) is 9.23. The Balaban J connectivity index is 1.21. The average Bonchev–Trinajstić information content (AvgIpc) is 3.47. The van der Waals surface area contributed by atoms with Crippen molar-refractivity contribution in [2.75, 3.05) is 31.9 Å². The first-order valence-corrected chi connectivity index (χ1v) is 13.8. The Labute approximate surface area is 222 Å². The number of hydrogen-bond donors (Lipinski definition) is 1. The minimum Gasteiger partial charge on any atom is -0.382 e. The number of nitrogen functional groups attached to an aromatic ring is 1. The number of amides is 1. The van der Waals surface area contributed by atoms with Gasteiger partial charge in [0.1, 0.15) is 28.7 Å². The number of nitrogens with zero attached hydrogens (tertiary/aromatic N) is 7. The molecule has 2 fully saturated rings. The molecule has 1 saturated heterocycles. The number of hydrogen-bond acceptors (Lipinski definition) is 6. The van der Waals surface area contributed by atoms with Crippen LogP contribution in [0, 0.1) is 0 Å². The highest BCUT2D eigenvalue weighted by Gasteiger charge is 2.38. The maximum atomic E-state index is 11.1. The summed E-state index contributed by atoms with van der Waals surface area (Å²) in [6.45, 7) is 3.53. The predicted molar refractivity (Wildman–Crippen MR) is 149 cm³/mol. The molecule has 1 aliphatic heterocycles. The van der Waals surface area contributed by atoms with Gasteiger partial charge in [0.25, 0.3) is 0 Å². The van der Waals surface area contributed by atoms with Crippen LogP contribution in [0.5, 0.6) is 0 Å². The van der Waals surface area contributed by atoms with Crippen LogP contribution in [0.2, 0.25) is 0 Å². The van der Waals surface area contributed by atoms with Crippen molar-refractivity contribution in [3.05, 3.63) is 48.3 Å². The van der Waals surface area contributed by atoms with E-state index in [1.165, 1.54) is 18.4 Å². The minimum absolute atomic E-state index is 0.371. The molecule has 7 rings (SSSR count). The zero-order chi connectivity index (χ0) is 25.8. The summed E-state index contributed by atoms with van der Waals surface area (Å²) in [7, 11) is 2.11. The molecule has 9 nitrogen and oxygen atoms in total. The van der Waals surface area contributed by atoms with Crippen LogP contribution in [0.15, 0.2) is 36.7 Å². The van der Waals surface area contributed by atoms with Crippen molar-refractivity contribution in [3.8, 4) is 11.3 Å². The number of allylic oxidation sites excluding steroid dienone is 2. The highest BCUT2D eigenvalue weighted by atomic mass is 16.1. The summed E-state index contributed by atoms with van der Waals surface area (Å²) in [5.41, 5.74) is 12.7. The number of rotatable bonds is 5. The molecule has 0 atom stereocenters. The van der Waals surface area contributed by atoms with E-state index < -0.39 is 0 Å². The van der Waals surface area contributed by atoms with Gasteiger partial charge >= 0.3 is 0 Å². The number of benzene rings is 1. The van der Waals surface area contributed by atoms with Gasteiger partial charge in [-0.25, -0.2) is 15.0 Å². The van der Waals surface area contributed by atoms with Gasteiger partial charge in [0, 0.05) is 63.1 Å². The van der Waals surface area contributed by atoms with Gasteiger partial charge in [-0.1, -0.05) is 12.1 Å². The standard InChI is InChI=1S/C29H34N8O/c1-34-24-8-7-20(17-23(24)32-28(34)19-5-3-2-4-6-19)25-26-27(30)31-9-10-37(26)29(33-25)21-15-22(16-21)36-13-11-35(18-38)12-14-36/h5,7-10,17-18,21-22H,2-4,6,11-16H2,1H3,(H2,30,31). The van der Waals surface area contributed by atoms with Crippen LogP contribution < -0.4 is 5.73 Å². The largest absolute Gasteiger partial charge is 0.382 e. The number of nitrogens with two attached hydrogens (primary N) is 1. The van der Waals surface area contributed by atoms with Crippen LogP contribution in [0.25, 0.3) is 33.4 Å². The summed E-state index contributed by atoms with van der Waals surface area (Å²) in [5, 5.41) is 0. The number of piperazine rings is 1. The van der Waals surface area contributed by atoms with Crippen molar-refractivity contribution in [2.45, 2.75) is 50.5 Å². The number of aryl methyl sites for hydroxylation is 1. The third-order valence-corrected chi connectivity index (χ3v) is 8.84. The lowest BCUT2D eigenvalue weighted by molar-refractivity contribution is -0.120.